The van der Waals surface area contributed by atoms with Gasteiger partial charge in [0.1, 0.15) is 5.82 Å². The van der Waals surface area contributed by atoms with Crippen LogP contribution in [0.15, 0.2) is 30.6 Å². The fraction of sp³-hybridized carbons (Fsp3) is 0.357. The van der Waals surface area contributed by atoms with E-state index in [4.69, 9.17) is 5.73 Å². The Hall–Kier alpha value is -1.88. The molecule has 0 unspecified atom stereocenters. The van der Waals surface area contributed by atoms with E-state index < -0.39 is 0 Å². The van der Waals surface area contributed by atoms with Crippen molar-refractivity contribution in [3.05, 3.63) is 47.5 Å². The highest BCUT2D eigenvalue weighted by Gasteiger charge is 2.12. The van der Waals surface area contributed by atoms with E-state index >= 15 is 0 Å². The van der Waals surface area contributed by atoms with Gasteiger partial charge in [-0.1, -0.05) is 0 Å². The zero-order valence-electron chi connectivity index (χ0n) is 11.5. The number of aryl methyl sites for hydroxylation is 1. The lowest BCUT2D eigenvalue weighted by Gasteiger charge is -2.23. The van der Waals surface area contributed by atoms with Crippen LogP contribution < -0.4 is 10.6 Å². The second-order valence-corrected chi connectivity index (χ2v) is 4.87. The first kappa shape index (κ1) is 13.5. The number of nitrogens with two attached hydrogens (primary N) is 1. The number of aromatic nitrogens is 2. The Morgan fingerprint density at radius 3 is 2.79 bits per heavy atom. The number of benzene rings is 1. The predicted octanol–water partition coefficient (Wildman–Crippen LogP) is 2.22. The largest absolute Gasteiger partial charge is 0.370 e. The van der Waals surface area contributed by atoms with Gasteiger partial charge in [-0.2, -0.15) is 5.10 Å². The predicted molar refractivity (Wildman–Crippen MR) is 74.3 cm³/mol. The Morgan fingerprint density at radius 2 is 2.21 bits per heavy atom. The third-order valence-corrected chi connectivity index (χ3v) is 3.07. The first-order valence-corrected chi connectivity index (χ1v) is 6.21. The number of anilines is 1. The molecular formula is C14H19FN4. The molecule has 1 heterocycles. The third-order valence-electron chi connectivity index (χ3n) is 3.07. The molecule has 102 valence electrons. The molecule has 2 N–H and O–H groups in total. The zero-order chi connectivity index (χ0) is 14.0. The SMILES string of the molecule is C[C@@H](N)c1cc(F)ccc1N(C)Cc1cnn(C)c1. The van der Waals surface area contributed by atoms with Crippen molar-refractivity contribution in [1.82, 2.24) is 9.78 Å². The molecular weight excluding hydrogens is 243 g/mol. The molecule has 0 bridgehead atoms. The van der Waals surface area contributed by atoms with Gasteiger partial charge in [0.05, 0.1) is 6.20 Å². The Labute approximate surface area is 112 Å². The summed E-state index contributed by atoms with van der Waals surface area (Å²) in [6.07, 6.45) is 3.79. The van der Waals surface area contributed by atoms with Crippen LogP contribution in [0.1, 0.15) is 24.1 Å². The highest BCUT2D eigenvalue weighted by molar-refractivity contribution is 5.54. The summed E-state index contributed by atoms with van der Waals surface area (Å²) in [7, 11) is 3.85. The normalized spacial score (nSPS) is 12.5. The molecule has 1 aromatic carbocycles. The fourth-order valence-electron chi connectivity index (χ4n) is 2.15. The molecule has 0 amide bonds. The Bertz CT molecular complexity index is 562. The summed E-state index contributed by atoms with van der Waals surface area (Å²) in [6, 6.07) is 4.52. The minimum absolute atomic E-state index is 0.206. The molecule has 2 aromatic rings. The van der Waals surface area contributed by atoms with Crippen molar-refractivity contribution in [1.29, 1.82) is 0 Å². The molecule has 1 atom stereocenters. The van der Waals surface area contributed by atoms with Crippen LogP contribution in [0.3, 0.4) is 0 Å². The van der Waals surface area contributed by atoms with Crippen molar-refractivity contribution in [3.8, 4) is 0 Å². The summed E-state index contributed by atoms with van der Waals surface area (Å²) in [5, 5.41) is 4.14. The average Bonchev–Trinajstić information content (AvgIpc) is 2.74. The first-order chi connectivity index (χ1) is 8.97. The van der Waals surface area contributed by atoms with Crippen molar-refractivity contribution >= 4 is 5.69 Å². The van der Waals surface area contributed by atoms with Gasteiger partial charge in [0.2, 0.25) is 0 Å². The van der Waals surface area contributed by atoms with E-state index in [0.717, 1.165) is 16.8 Å². The number of hydrogen-bond donors (Lipinski definition) is 1. The van der Waals surface area contributed by atoms with Gasteiger partial charge in [0.15, 0.2) is 0 Å². The van der Waals surface area contributed by atoms with Crippen LogP contribution in [0.2, 0.25) is 0 Å². The summed E-state index contributed by atoms with van der Waals surface area (Å²) < 4.78 is 15.1. The van der Waals surface area contributed by atoms with Crippen LogP contribution in [0.5, 0.6) is 0 Å². The maximum Gasteiger partial charge on any atom is 0.123 e. The number of hydrogen-bond acceptors (Lipinski definition) is 3. The molecule has 5 heteroatoms. The van der Waals surface area contributed by atoms with Crippen molar-refractivity contribution < 1.29 is 4.39 Å². The van der Waals surface area contributed by atoms with Crippen LogP contribution in [0.25, 0.3) is 0 Å². The molecule has 19 heavy (non-hydrogen) atoms. The van der Waals surface area contributed by atoms with Crippen molar-refractivity contribution in [3.63, 3.8) is 0 Å². The van der Waals surface area contributed by atoms with E-state index in [2.05, 4.69) is 10.00 Å². The maximum absolute atomic E-state index is 13.3. The van der Waals surface area contributed by atoms with E-state index in [1.54, 1.807) is 10.7 Å². The maximum atomic E-state index is 13.3. The highest BCUT2D eigenvalue weighted by atomic mass is 19.1. The number of nitrogens with zero attached hydrogens (tertiary/aromatic N) is 3. The lowest BCUT2D eigenvalue weighted by Crippen LogP contribution is -2.20. The van der Waals surface area contributed by atoms with Crippen molar-refractivity contribution in [2.24, 2.45) is 12.8 Å². The molecule has 0 saturated heterocycles. The quantitative estimate of drug-likeness (QED) is 0.919. The molecule has 0 radical (unpaired) electrons. The highest BCUT2D eigenvalue weighted by Crippen LogP contribution is 2.26. The number of rotatable bonds is 4. The molecule has 0 aliphatic heterocycles. The molecule has 2 rings (SSSR count). The van der Waals surface area contributed by atoms with Gasteiger partial charge in [-0.05, 0) is 30.7 Å². The van der Waals surface area contributed by atoms with E-state index in [0.29, 0.717) is 6.54 Å². The minimum Gasteiger partial charge on any atom is -0.370 e. The van der Waals surface area contributed by atoms with Crippen molar-refractivity contribution in [2.45, 2.75) is 19.5 Å². The third kappa shape index (κ3) is 3.12. The Balaban J connectivity index is 2.25. The van der Waals surface area contributed by atoms with Crippen LogP contribution in [0, 0.1) is 5.82 Å². The van der Waals surface area contributed by atoms with Crippen LogP contribution in [0.4, 0.5) is 10.1 Å². The summed E-state index contributed by atoms with van der Waals surface area (Å²) in [5.74, 6) is -0.258. The second kappa shape index (κ2) is 5.40. The molecule has 0 aliphatic carbocycles. The second-order valence-electron chi connectivity index (χ2n) is 4.87. The molecule has 0 fully saturated rings. The van der Waals surface area contributed by atoms with Gasteiger partial charge in [-0.3, -0.25) is 4.68 Å². The molecule has 0 saturated carbocycles. The van der Waals surface area contributed by atoms with Gasteiger partial charge in [0, 0.05) is 44.1 Å². The number of halogens is 1. The van der Waals surface area contributed by atoms with Crippen LogP contribution in [-0.2, 0) is 13.6 Å². The average molecular weight is 262 g/mol. The van der Waals surface area contributed by atoms with Crippen LogP contribution >= 0.6 is 0 Å². The van der Waals surface area contributed by atoms with Gasteiger partial charge < -0.3 is 10.6 Å². The van der Waals surface area contributed by atoms with Gasteiger partial charge in [-0.25, -0.2) is 4.39 Å². The van der Waals surface area contributed by atoms with Gasteiger partial charge >= 0.3 is 0 Å². The van der Waals surface area contributed by atoms with Gasteiger partial charge in [0.25, 0.3) is 0 Å². The lowest BCUT2D eigenvalue weighted by atomic mass is 10.1. The molecule has 0 spiro atoms. The monoisotopic (exact) mass is 262 g/mol. The summed E-state index contributed by atoms with van der Waals surface area (Å²) in [6.45, 7) is 2.56. The van der Waals surface area contributed by atoms with E-state index in [9.17, 15) is 4.39 Å². The molecule has 4 nitrogen and oxygen atoms in total. The molecule has 1 aromatic heterocycles. The lowest BCUT2D eigenvalue weighted by molar-refractivity contribution is 0.622. The minimum atomic E-state index is -0.258. The standard InChI is InChI=1S/C14H19FN4/c1-10(16)13-6-12(15)4-5-14(13)18(2)8-11-7-17-19(3)9-11/h4-7,9-10H,8,16H2,1-3H3/t10-/m1/s1. The van der Waals surface area contributed by atoms with Crippen LogP contribution in [-0.4, -0.2) is 16.8 Å². The Morgan fingerprint density at radius 1 is 1.47 bits per heavy atom. The van der Waals surface area contributed by atoms with E-state index in [-0.39, 0.29) is 11.9 Å². The fourth-order valence-corrected chi connectivity index (χ4v) is 2.15. The van der Waals surface area contributed by atoms with Crippen molar-refractivity contribution in [2.75, 3.05) is 11.9 Å². The van der Waals surface area contributed by atoms with Gasteiger partial charge in [-0.15, -0.1) is 0 Å². The Kier molecular flexibility index (Phi) is 3.85. The summed E-state index contributed by atoms with van der Waals surface area (Å²) >= 11 is 0. The topological polar surface area (TPSA) is 47.1 Å². The van der Waals surface area contributed by atoms with E-state index in [1.807, 2.05) is 33.4 Å². The van der Waals surface area contributed by atoms with E-state index in [1.165, 1.54) is 12.1 Å². The summed E-state index contributed by atoms with van der Waals surface area (Å²) in [4.78, 5) is 2.05. The summed E-state index contributed by atoms with van der Waals surface area (Å²) in [5.41, 5.74) is 8.77. The smallest absolute Gasteiger partial charge is 0.123 e. The zero-order valence-corrected chi connectivity index (χ0v) is 11.5. The first-order valence-electron chi connectivity index (χ1n) is 6.21. The molecule has 0 aliphatic rings.